The van der Waals surface area contributed by atoms with Crippen LogP contribution in [0.3, 0.4) is 0 Å². The van der Waals surface area contributed by atoms with Crippen LogP contribution >= 0.6 is 11.6 Å². The highest BCUT2D eigenvalue weighted by Crippen LogP contribution is 2.06. The molecule has 0 aromatic carbocycles. The maximum atomic E-state index is 8.40. The summed E-state index contributed by atoms with van der Waals surface area (Å²) in [4.78, 5) is 3.74. The lowest BCUT2D eigenvalue weighted by Crippen LogP contribution is -1.88. The average Bonchev–Trinajstić information content (AvgIpc) is 2.17. The molecule has 3 nitrogen and oxygen atoms in total. The molecule has 1 aromatic rings. The van der Waals surface area contributed by atoms with Crippen LogP contribution in [0, 0.1) is 0 Å². The first-order valence-corrected chi connectivity index (χ1v) is 2.91. The fourth-order valence-corrected chi connectivity index (χ4v) is 0.665. The topological polar surface area (TPSA) is 46.3 Å². The monoisotopic (exact) mass is 147 g/mol. The van der Waals surface area contributed by atoms with E-state index >= 15 is 0 Å². The van der Waals surface area contributed by atoms with E-state index in [0.717, 1.165) is 0 Å². The van der Waals surface area contributed by atoms with Crippen molar-refractivity contribution in [1.29, 1.82) is 0 Å². The smallest absolute Gasteiger partial charge is 0.292 e. The number of oxazole rings is 1. The Morgan fingerprint density at radius 1 is 1.78 bits per heavy atom. The Hall–Kier alpha value is -0.540. The SMILES string of the molecule is OCCc1coc(Cl)n1. The quantitative estimate of drug-likeness (QED) is 0.675. The molecule has 0 bridgehead atoms. The van der Waals surface area contributed by atoms with Crippen LogP contribution in [0.1, 0.15) is 5.69 Å². The second-order valence-electron chi connectivity index (χ2n) is 1.57. The van der Waals surface area contributed by atoms with Gasteiger partial charge in [-0.2, -0.15) is 0 Å². The molecule has 1 aromatic heterocycles. The van der Waals surface area contributed by atoms with E-state index in [1.165, 1.54) is 6.26 Å². The molecule has 0 saturated carbocycles. The van der Waals surface area contributed by atoms with Crippen LogP contribution in [-0.4, -0.2) is 16.7 Å². The van der Waals surface area contributed by atoms with Crippen molar-refractivity contribution in [3.63, 3.8) is 0 Å². The lowest BCUT2D eigenvalue weighted by molar-refractivity contribution is 0.298. The van der Waals surface area contributed by atoms with Crippen LogP contribution in [0.5, 0.6) is 0 Å². The summed E-state index contributed by atoms with van der Waals surface area (Å²) in [6.45, 7) is 0.0723. The van der Waals surface area contributed by atoms with Crippen molar-refractivity contribution in [2.75, 3.05) is 6.61 Å². The van der Waals surface area contributed by atoms with Gasteiger partial charge in [-0.25, -0.2) is 4.98 Å². The first-order chi connectivity index (χ1) is 4.33. The first-order valence-electron chi connectivity index (χ1n) is 2.53. The minimum Gasteiger partial charge on any atom is -0.436 e. The summed E-state index contributed by atoms with van der Waals surface area (Å²) in [5.41, 5.74) is 0.683. The molecule has 0 amide bonds. The normalized spacial score (nSPS) is 10.0. The third-order valence-electron chi connectivity index (χ3n) is 0.892. The van der Waals surface area contributed by atoms with Gasteiger partial charge in [0, 0.05) is 13.0 Å². The van der Waals surface area contributed by atoms with Gasteiger partial charge in [-0.05, 0) is 11.6 Å². The molecule has 50 valence electrons. The highest BCUT2D eigenvalue weighted by atomic mass is 35.5. The highest BCUT2D eigenvalue weighted by molar-refractivity contribution is 6.27. The summed E-state index contributed by atoms with van der Waals surface area (Å²) >= 11 is 5.34. The van der Waals surface area contributed by atoms with E-state index in [9.17, 15) is 0 Å². The predicted octanol–water partition coefficient (Wildman–Crippen LogP) is 0.863. The summed E-state index contributed by atoms with van der Waals surface area (Å²) in [6, 6.07) is 0. The molecular formula is C5H6ClNO2. The molecule has 0 saturated heterocycles. The minimum atomic E-state index is 0.0723. The molecule has 0 aliphatic carbocycles. The van der Waals surface area contributed by atoms with E-state index in [2.05, 4.69) is 9.40 Å². The van der Waals surface area contributed by atoms with Gasteiger partial charge in [-0.15, -0.1) is 0 Å². The van der Waals surface area contributed by atoms with Crippen LogP contribution in [0.4, 0.5) is 0 Å². The van der Waals surface area contributed by atoms with Crippen LogP contribution in [0.2, 0.25) is 5.35 Å². The largest absolute Gasteiger partial charge is 0.436 e. The van der Waals surface area contributed by atoms with Crippen LogP contribution in [0.25, 0.3) is 0 Å². The standard InChI is InChI=1S/C5H6ClNO2/c6-5-7-4(1-2-8)3-9-5/h3,8H,1-2H2. The van der Waals surface area contributed by atoms with Crippen molar-refractivity contribution >= 4 is 11.6 Å². The van der Waals surface area contributed by atoms with Gasteiger partial charge >= 0.3 is 0 Å². The Kier molecular flexibility index (Phi) is 2.08. The van der Waals surface area contributed by atoms with E-state index in [4.69, 9.17) is 16.7 Å². The Balaban J connectivity index is 2.61. The van der Waals surface area contributed by atoms with E-state index in [1.54, 1.807) is 0 Å². The van der Waals surface area contributed by atoms with Crippen LogP contribution in [0.15, 0.2) is 10.7 Å². The van der Waals surface area contributed by atoms with Crippen molar-refractivity contribution in [3.05, 3.63) is 17.3 Å². The number of aliphatic hydroxyl groups excluding tert-OH is 1. The molecule has 0 aliphatic heterocycles. The molecule has 4 heteroatoms. The maximum Gasteiger partial charge on any atom is 0.292 e. The second kappa shape index (κ2) is 2.85. The van der Waals surface area contributed by atoms with Crippen molar-refractivity contribution in [2.45, 2.75) is 6.42 Å². The summed E-state index contributed by atoms with van der Waals surface area (Å²) in [6.07, 6.45) is 1.93. The molecule has 0 aliphatic rings. The number of halogens is 1. The molecule has 1 N–H and O–H groups in total. The molecule has 0 atom stereocenters. The van der Waals surface area contributed by atoms with Crippen molar-refractivity contribution < 1.29 is 9.52 Å². The fraction of sp³-hybridized carbons (Fsp3) is 0.400. The Labute approximate surface area is 57.3 Å². The zero-order chi connectivity index (χ0) is 6.69. The fourth-order valence-electron chi connectivity index (χ4n) is 0.512. The summed E-state index contributed by atoms with van der Waals surface area (Å²) in [7, 11) is 0. The number of hydrogen-bond donors (Lipinski definition) is 1. The summed E-state index contributed by atoms with van der Waals surface area (Å²) < 4.78 is 4.66. The molecule has 0 radical (unpaired) electrons. The molecular weight excluding hydrogens is 142 g/mol. The molecule has 0 unspecified atom stereocenters. The number of nitrogens with zero attached hydrogens (tertiary/aromatic N) is 1. The minimum absolute atomic E-state index is 0.0723. The van der Waals surface area contributed by atoms with Gasteiger partial charge in [0.1, 0.15) is 6.26 Å². The maximum absolute atomic E-state index is 8.40. The average molecular weight is 148 g/mol. The molecule has 0 spiro atoms. The van der Waals surface area contributed by atoms with E-state index < -0.39 is 0 Å². The van der Waals surface area contributed by atoms with E-state index in [1.807, 2.05) is 0 Å². The third kappa shape index (κ3) is 1.69. The predicted molar refractivity (Wildman–Crippen MR) is 32.3 cm³/mol. The summed E-state index contributed by atoms with van der Waals surface area (Å²) in [5.74, 6) is 0. The Bertz CT molecular complexity index is 187. The molecule has 9 heavy (non-hydrogen) atoms. The van der Waals surface area contributed by atoms with Crippen LogP contribution in [-0.2, 0) is 6.42 Å². The first kappa shape index (κ1) is 6.58. The number of aliphatic hydroxyl groups is 1. The zero-order valence-electron chi connectivity index (χ0n) is 4.67. The summed E-state index contributed by atoms with van der Waals surface area (Å²) in [5, 5.41) is 8.53. The second-order valence-corrected chi connectivity index (χ2v) is 1.89. The van der Waals surface area contributed by atoms with E-state index in [0.29, 0.717) is 12.1 Å². The molecule has 1 rings (SSSR count). The zero-order valence-corrected chi connectivity index (χ0v) is 5.43. The molecule has 1 heterocycles. The lowest BCUT2D eigenvalue weighted by atomic mass is 10.4. The highest BCUT2D eigenvalue weighted by Gasteiger charge is 1.97. The van der Waals surface area contributed by atoms with E-state index in [-0.39, 0.29) is 12.0 Å². The van der Waals surface area contributed by atoms with Crippen molar-refractivity contribution in [3.8, 4) is 0 Å². The lowest BCUT2D eigenvalue weighted by Gasteiger charge is -1.83. The van der Waals surface area contributed by atoms with Gasteiger partial charge < -0.3 is 9.52 Å². The van der Waals surface area contributed by atoms with Gasteiger partial charge in [-0.1, -0.05) is 0 Å². The van der Waals surface area contributed by atoms with Gasteiger partial charge in [0.15, 0.2) is 0 Å². The van der Waals surface area contributed by atoms with Gasteiger partial charge in [-0.3, -0.25) is 0 Å². The Morgan fingerprint density at radius 2 is 2.56 bits per heavy atom. The molecule has 0 fully saturated rings. The number of hydrogen-bond acceptors (Lipinski definition) is 3. The van der Waals surface area contributed by atoms with Crippen LogP contribution < -0.4 is 0 Å². The number of rotatable bonds is 2. The van der Waals surface area contributed by atoms with Gasteiger partial charge in [0.25, 0.3) is 5.35 Å². The van der Waals surface area contributed by atoms with Crippen molar-refractivity contribution in [2.24, 2.45) is 0 Å². The van der Waals surface area contributed by atoms with Crippen molar-refractivity contribution in [1.82, 2.24) is 4.98 Å². The third-order valence-corrected chi connectivity index (χ3v) is 1.07. The Morgan fingerprint density at radius 3 is 3.00 bits per heavy atom. The number of aromatic nitrogens is 1. The van der Waals surface area contributed by atoms with Gasteiger partial charge in [0.2, 0.25) is 0 Å². The van der Waals surface area contributed by atoms with Gasteiger partial charge in [0.05, 0.1) is 5.69 Å².